The lowest BCUT2D eigenvalue weighted by Gasteiger charge is -2.21. The Bertz CT molecular complexity index is 1390. The normalized spacial score (nSPS) is 12.2. The van der Waals surface area contributed by atoms with Gasteiger partial charge in [0, 0.05) is 11.1 Å². The number of carboxylic acids is 1. The van der Waals surface area contributed by atoms with E-state index in [2.05, 4.69) is 23.0 Å². The molecule has 0 unspecified atom stereocenters. The molecule has 3 aromatic carbocycles. The summed E-state index contributed by atoms with van der Waals surface area (Å²) in [5.74, 6) is -2.04. The molecule has 8 heteroatoms. The molecule has 0 radical (unpaired) electrons. The highest BCUT2D eigenvalue weighted by atomic mass is 32.2. The van der Waals surface area contributed by atoms with E-state index in [4.69, 9.17) is 0 Å². The van der Waals surface area contributed by atoms with Gasteiger partial charge in [-0.25, -0.2) is 13.2 Å². The first kappa shape index (κ1) is 28.9. The lowest BCUT2D eigenvalue weighted by Crippen LogP contribution is -2.44. The topological polar surface area (TPSA) is 113 Å². The molecule has 0 aromatic heterocycles. The Hall–Kier alpha value is -3.65. The summed E-state index contributed by atoms with van der Waals surface area (Å²) >= 11 is 0. The van der Waals surface area contributed by atoms with E-state index in [1.807, 2.05) is 18.2 Å². The number of nitrogens with one attached hydrogen (secondary N) is 2. The van der Waals surface area contributed by atoms with E-state index >= 15 is 0 Å². The Morgan fingerprint density at radius 2 is 1.66 bits per heavy atom. The van der Waals surface area contributed by atoms with E-state index in [9.17, 15) is 23.1 Å². The summed E-state index contributed by atoms with van der Waals surface area (Å²) in [5.41, 5.74) is 3.49. The second-order valence-corrected chi connectivity index (χ2v) is 11.5. The van der Waals surface area contributed by atoms with Gasteiger partial charge in [0.05, 0.1) is 10.6 Å². The zero-order valence-corrected chi connectivity index (χ0v) is 23.1. The lowest BCUT2D eigenvalue weighted by molar-refractivity contribution is -0.140. The summed E-state index contributed by atoms with van der Waals surface area (Å²) in [6.07, 6.45) is 4.22. The van der Waals surface area contributed by atoms with Gasteiger partial charge in [-0.3, -0.25) is 9.52 Å². The van der Waals surface area contributed by atoms with Crippen molar-refractivity contribution >= 4 is 27.6 Å². The lowest BCUT2D eigenvalue weighted by atomic mass is 9.94. The average molecular weight is 537 g/mol. The van der Waals surface area contributed by atoms with Gasteiger partial charge in [-0.05, 0) is 60.6 Å². The first-order valence-electron chi connectivity index (χ1n) is 12.9. The van der Waals surface area contributed by atoms with Crippen molar-refractivity contribution in [1.82, 2.24) is 5.32 Å². The Kier molecular flexibility index (Phi) is 9.69. The highest BCUT2D eigenvalue weighted by Gasteiger charge is 2.27. The molecule has 0 aliphatic heterocycles. The van der Waals surface area contributed by atoms with Gasteiger partial charge in [0.1, 0.15) is 6.04 Å². The molecule has 7 nitrogen and oxygen atoms in total. The highest BCUT2D eigenvalue weighted by Crippen LogP contribution is 2.35. The van der Waals surface area contributed by atoms with Gasteiger partial charge < -0.3 is 10.4 Å². The van der Waals surface area contributed by atoms with Crippen LogP contribution in [0.5, 0.6) is 0 Å². The minimum absolute atomic E-state index is 0.0965. The van der Waals surface area contributed by atoms with Crippen LogP contribution in [-0.4, -0.2) is 31.4 Å². The van der Waals surface area contributed by atoms with Crippen molar-refractivity contribution in [2.24, 2.45) is 5.92 Å². The Morgan fingerprint density at radius 3 is 2.29 bits per heavy atom. The molecule has 38 heavy (non-hydrogen) atoms. The van der Waals surface area contributed by atoms with Crippen molar-refractivity contribution in [3.63, 3.8) is 0 Å². The van der Waals surface area contributed by atoms with Gasteiger partial charge in [0.25, 0.3) is 15.9 Å². The van der Waals surface area contributed by atoms with Crippen LogP contribution in [-0.2, 0) is 21.2 Å². The largest absolute Gasteiger partial charge is 0.480 e. The summed E-state index contributed by atoms with van der Waals surface area (Å²) < 4.78 is 29.4. The van der Waals surface area contributed by atoms with E-state index in [0.29, 0.717) is 11.1 Å². The van der Waals surface area contributed by atoms with Crippen LogP contribution < -0.4 is 10.0 Å². The third-order valence-electron chi connectivity index (χ3n) is 6.53. The van der Waals surface area contributed by atoms with Crippen LogP contribution in [0, 0.1) is 12.8 Å². The Balaban J connectivity index is 2.10. The number of aliphatic carboxylic acids is 1. The van der Waals surface area contributed by atoms with Gasteiger partial charge in [0.15, 0.2) is 0 Å². The molecule has 1 atom stereocenters. The molecule has 1 amide bonds. The Labute approximate surface area is 225 Å². The van der Waals surface area contributed by atoms with Crippen molar-refractivity contribution in [2.45, 2.75) is 64.3 Å². The molecular weight excluding hydrogens is 500 g/mol. The van der Waals surface area contributed by atoms with E-state index in [0.717, 1.165) is 36.8 Å². The minimum Gasteiger partial charge on any atom is -0.480 e. The fourth-order valence-corrected chi connectivity index (χ4v) is 5.49. The number of carboxylic acid groups (broad SMARTS) is 1. The molecule has 3 rings (SSSR count). The Morgan fingerprint density at radius 1 is 0.947 bits per heavy atom. The maximum atomic E-state index is 13.3. The van der Waals surface area contributed by atoms with Gasteiger partial charge in [-0.15, -0.1) is 0 Å². The molecule has 0 bridgehead atoms. The molecule has 0 spiro atoms. The van der Waals surface area contributed by atoms with Crippen molar-refractivity contribution in [1.29, 1.82) is 0 Å². The average Bonchev–Trinajstić information content (AvgIpc) is 2.88. The summed E-state index contributed by atoms with van der Waals surface area (Å²) in [6.45, 7) is 7.24. The number of hydrogen-bond donors (Lipinski definition) is 3. The van der Waals surface area contributed by atoms with Gasteiger partial charge in [-0.1, -0.05) is 82.1 Å². The molecule has 0 fully saturated rings. The highest BCUT2D eigenvalue weighted by molar-refractivity contribution is 7.92. The van der Waals surface area contributed by atoms with Crippen molar-refractivity contribution in [2.75, 3.05) is 4.72 Å². The minimum atomic E-state index is -3.96. The number of amides is 1. The second kappa shape index (κ2) is 12.7. The molecule has 3 aromatic rings. The number of carbonyl (C=O) groups is 2. The standard InChI is InChI=1S/C30H36N2O5S/c1-5-6-8-12-22-13-11-14-23(19-22)26-18-17-25(29(33)31-27(20(2)3)30(34)35)21(4)28(26)32-38(36,37)24-15-9-7-10-16-24/h7,9-11,13-20,27,32H,5-6,8,12H2,1-4H3,(H,31,33)(H,34,35)/t27-/m0/s1. The van der Waals surface area contributed by atoms with Crippen LogP contribution in [0.1, 0.15) is 61.5 Å². The van der Waals surface area contributed by atoms with Crippen LogP contribution >= 0.6 is 0 Å². The number of benzene rings is 3. The van der Waals surface area contributed by atoms with Crippen molar-refractivity contribution < 1.29 is 23.1 Å². The first-order valence-corrected chi connectivity index (χ1v) is 14.4. The third kappa shape index (κ3) is 7.01. The van der Waals surface area contributed by atoms with Gasteiger partial charge in [0.2, 0.25) is 0 Å². The van der Waals surface area contributed by atoms with Crippen molar-refractivity contribution in [3.05, 3.63) is 83.4 Å². The van der Waals surface area contributed by atoms with E-state index in [-0.39, 0.29) is 22.1 Å². The predicted octanol–water partition coefficient (Wildman–Crippen LogP) is 6.03. The van der Waals surface area contributed by atoms with Crippen LogP contribution in [0.2, 0.25) is 0 Å². The number of hydrogen-bond acceptors (Lipinski definition) is 4. The maximum absolute atomic E-state index is 13.3. The number of aryl methyl sites for hydroxylation is 1. The molecule has 0 aliphatic rings. The molecule has 0 heterocycles. The summed E-state index contributed by atoms with van der Waals surface area (Å²) in [4.78, 5) is 24.9. The fourth-order valence-electron chi connectivity index (χ4n) is 4.33. The summed E-state index contributed by atoms with van der Waals surface area (Å²) in [7, 11) is -3.96. The third-order valence-corrected chi connectivity index (χ3v) is 7.89. The van der Waals surface area contributed by atoms with E-state index < -0.39 is 27.9 Å². The summed E-state index contributed by atoms with van der Waals surface area (Å²) in [5, 5.41) is 12.1. The predicted molar refractivity (Wildman–Crippen MR) is 151 cm³/mol. The van der Waals surface area contributed by atoms with Crippen LogP contribution in [0.3, 0.4) is 0 Å². The molecular formula is C30H36N2O5S. The summed E-state index contributed by atoms with van der Waals surface area (Å²) in [6, 6.07) is 18.2. The number of sulfonamides is 1. The number of anilines is 1. The van der Waals surface area contributed by atoms with Crippen molar-refractivity contribution in [3.8, 4) is 11.1 Å². The first-order chi connectivity index (χ1) is 18.0. The van der Waals surface area contributed by atoms with Gasteiger partial charge in [-0.2, -0.15) is 0 Å². The molecule has 0 saturated carbocycles. The van der Waals surface area contributed by atoms with Crippen LogP contribution in [0.25, 0.3) is 11.1 Å². The molecule has 0 aliphatic carbocycles. The quantitative estimate of drug-likeness (QED) is 0.245. The maximum Gasteiger partial charge on any atom is 0.326 e. The van der Waals surface area contributed by atoms with E-state index in [1.54, 1.807) is 51.1 Å². The van der Waals surface area contributed by atoms with Crippen LogP contribution in [0.15, 0.2) is 71.6 Å². The second-order valence-electron chi connectivity index (χ2n) is 9.77. The molecule has 0 saturated heterocycles. The number of unbranched alkanes of at least 4 members (excludes halogenated alkanes) is 2. The van der Waals surface area contributed by atoms with Gasteiger partial charge >= 0.3 is 5.97 Å². The zero-order valence-electron chi connectivity index (χ0n) is 22.3. The van der Waals surface area contributed by atoms with E-state index in [1.165, 1.54) is 12.1 Å². The monoisotopic (exact) mass is 536 g/mol. The number of rotatable bonds is 12. The molecule has 3 N–H and O–H groups in total. The fraction of sp³-hybridized carbons (Fsp3) is 0.333. The smallest absolute Gasteiger partial charge is 0.326 e. The molecule has 202 valence electrons. The zero-order chi connectivity index (χ0) is 27.9. The van der Waals surface area contributed by atoms with Crippen LogP contribution in [0.4, 0.5) is 5.69 Å². The number of carbonyl (C=O) groups excluding carboxylic acids is 1. The SMILES string of the molecule is CCCCCc1cccc(-c2ccc(C(=O)N[C@H](C(=O)O)C(C)C)c(C)c2NS(=O)(=O)c2ccccc2)c1.